The number of piperazine rings is 1. The van der Waals surface area contributed by atoms with Gasteiger partial charge in [0.2, 0.25) is 5.91 Å². The molecule has 202 valence electrons. The lowest BCUT2D eigenvalue weighted by molar-refractivity contribution is -0.137. The molecule has 2 aromatic carbocycles. The average Bonchev–Trinajstić information content (AvgIpc) is 2.85. The number of alkyl halides is 3. The zero-order chi connectivity index (χ0) is 28.1. The largest absolute Gasteiger partial charge is 0.417 e. The van der Waals surface area contributed by atoms with E-state index in [1.807, 2.05) is 4.90 Å². The number of carbonyl (C=O) groups excluding carboxylic acids is 3. The van der Waals surface area contributed by atoms with Crippen molar-refractivity contribution in [1.29, 1.82) is 5.26 Å². The van der Waals surface area contributed by atoms with Crippen molar-refractivity contribution in [2.24, 2.45) is 0 Å². The number of aldehydes is 1. The number of amides is 3. The summed E-state index contributed by atoms with van der Waals surface area (Å²) in [4.78, 5) is 40.5. The zero-order valence-corrected chi connectivity index (χ0v) is 21.4. The van der Waals surface area contributed by atoms with Gasteiger partial charge in [-0.3, -0.25) is 14.6 Å². The van der Waals surface area contributed by atoms with Crippen molar-refractivity contribution in [3.8, 4) is 6.07 Å². The molecule has 1 heterocycles. The Kier molecular flexibility index (Phi) is 8.98. The quantitative estimate of drug-likeness (QED) is 0.447. The summed E-state index contributed by atoms with van der Waals surface area (Å²) in [5.41, 5.74) is -3.00. The maximum Gasteiger partial charge on any atom is 0.417 e. The van der Waals surface area contributed by atoms with E-state index in [9.17, 15) is 27.6 Å². The van der Waals surface area contributed by atoms with Crippen LogP contribution in [0.5, 0.6) is 0 Å². The molecule has 1 aliphatic heterocycles. The number of hydrogen-bond donors (Lipinski definition) is 3. The number of rotatable bonds is 7. The number of anilines is 3. The van der Waals surface area contributed by atoms with Crippen LogP contribution in [0.4, 0.5) is 35.0 Å². The minimum Gasteiger partial charge on any atom is -0.324 e. The molecule has 0 atom stereocenters. The Morgan fingerprint density at radius 2 is 1.84 bits per heavy atom. The molecule has 3 N–H and O–H groups in total. The molecule has 0 aliphatic carbocycles. The first-order valence-electron chi connectivity index (χ1n) is 11.6. The molecular weight excluding hydrogens is 525 g/mol. The first-order chi connectivity index (χ1) is 17.9. The zero-order valence-electron chi connectivity index (χ0n) is 20.7. The fraction of sp³-hybridized carbons (Fsp3) is 0.360. The molecule has 0 radical (unpaired) electrons. The Morgan fingerprint density at radius 3 is 2.42 bits per heavy atom. The molecule has 2 aromatic rings. The highest BCUT2D eigenvalue weighted by atomic mass is 35.5. The summed E-state index contributed by atoms with van der Waals surface area (Å²) in [5, 5.41) is 17.4. The molecule has 1 saturated heterocycles. The van der Waals surface area contributed by atoms with E-state index in [0.717, 1.165) is 43.2 Å². The van der Waals surface area contributed by atoms with Crippen LogP contribution in [-0.2, 0) is 15.8 Å². The maximum absolute atomic E-state index is 13.4. The Hall–Kier alpha value is -3.66. The lowest BCUT2D eigenvalue weighted by Gasteiger charge is -2.34. The Morgan fingerprint density at radius 1 is 1.16 bits per heavy atom. The van der Waals surface area contributed by atoms with Gasteiger partial charge in [-0.1, -0.05) is 11.6 Å². The number of urea groups is 1. The van der Waals surface area contributed by atoms with Crippen molar-refractivity contribution >= 4 is 46.9 Å². The van der Waals surface area contributed by atoms with Gasteiger partial charge in [-0.15, -0.1) is 0 Å². The number of carbonyl (C=O) groups is 3. The topological polar surface area (TPSA) is 118 Å². The van der Waals surface area contributed by atoms with Gasteiger partial charge in [0.1, 0.15) is 6.29 Å². The monoisotopic (exact) mass is 550 g/mol. The highest BCUT2D eigenvalue weighted by Gasteiger charge is 2.35. The Bertz CT molecular complexity index is 1260. The summed E-state index contributed by atoms with van der Waals surface area (Å²) >= 11 is 6.38. The second-order valence-electron chi connectivity index (χ2n) is 9.15. The first-order valence-corrected chi connectivity index (χ1v) is 11.9. The molecule has 0 spiro atoms. The fourth-order valence-corrected chi connectivity index (χ4v) is 4.13. The van der Waals surface area contributed by atoms with Gasteiger partial charge < -0.3 is 20.7 Å². The summed E-state index contributed by atoms with van der Waals surface area (Å²) in [6.45, 7) is 6.09. The van der Waals surface area contributed by atoms with E-state index in [2.05, 4.69) is 16.0 Å². The van der Waals surface area contributed by atoms with Gasteiger partial charge in [-0.05, 0) is 50.2 Å². The van der Waals surface area contributed by atoms with Gasteiger partial charge >= 0.3 is 12.2 Å². The molecule has 3 rings (SSSR count). The highest BCUT2D eigenvalue weighted by Crippen LogP contribution is 2.35. The number of nitrogens with one attached hydrogen (secondary N) is 3. The molecule has 0 saturated carbocycles. The molecule has 0 aromatic heterocycles. The molecule has 1 fully saturated rings. The predicted molar refractivity (Wildman–Crippen MR) is 137 cm³/mol. The fourth-order valence-electron chi connectivity index (χ4n) is 3.90. The van der Waals surface area contributed by atoms with E-state index in [1.54, 1.807) is 0 Å². The second-order valence-corrected chi connectivity index (χ2v) is 9.55. The molecule has 0 unspecified atom stereocenters. The van der Waals surface area contributed by atoms with Gasteiger partial charge in [-0.25, -0.2) is 4.79 Å². The number of hydrogen-bond acceptors (Lipinski definition) is 6. The van der Waals surface area contributed by atoms with E-state index < -0.39 is 28.9 Å². The summed E-state index contributed by atoms with van der Waals surface area (Å²) in [7, 11) is 0. The van der Waals surface area contributed by atoms with Crippen molar-refractivity contribution in [3.05, 3.63) is 52.5 Å². The van der Waals surface area contributed by atoms with Crippen LogP contribution in [0.15, 0.2) is 36.4 Å². The van der Waals surface area contributed by atoms with Crippen LogP contribution < -0.4 is 20.9 Å². The Balaban J connectivity index is 1.84. The van der Waals surface area contributed by atoms with Crippen molar-refractivity contribution in [2.75, 3.05) is 48.3 Å². The van der Waals surface area contributed by atoms with Crippen LogP contribution >= 0.6 is 11.6 Å². The predicted octanol–water partition coefficient (Wildman–Crippen LogP) is 4.09. The standard InChI is InChI=1S/C25H26ClF3N6O3/c1-24(2,15-36)35(23(38)32-17-4-3-16(13-30)19(11-17)25(27,28)29)18-5-6-21(20(26)12-18)33-22(37)14-34-9-7-31-8-10-34/h3-6,11-12,15,31H,7-10,14H2,1-2H3,(H,32,38)(H,33,37). The smallest absolute Gasteiger partial charge is 0.324 e. The molecule has 38 heavy (non-hydrogen) atoms. The molecule has 9 nitrogen and oxygen atoms in total. The van der Waals surface area contributed by atoms with Crippen LogP contribution in [0.1, 0.15) is 25.0 Å². The summed E-state index contributed by atoms with van der Waals surface area (Å²) in [6, 6.07) is 7.60. The second kappa shape index (κ2) is 11.8. The van der Waals surface area contributed by atoms with Crippen molar-refractivity contribution in [2.45, 2.75) is 25.6 Å². The third-order valence-electron chi connectivity index (χ3n) is 5.83. The first kappa shape index (κ1) is 28.9. The van der Waals surface area contributed by atoms with E-state index in [1.165, 1.54) is 38.1 Å². The van der Waals surface area contributed by atoms with E-state index in [-0.39, 0.29) is 28.8 Å². The third-order valence-corrected chi connectivity index (χ3v) is 6.14. The molecule has 0 bridgehead atoms. The molecule has 13 heteroatoms. The minimum absolute atomic E-state index is 0.0911. The summed E-state index contributed by atoms with van der Waals surface area (Å²) in [5.74, 6) is -0.273. The molecule has 3 amide bonds. The molecule has 1 aliphatic rings. The summed E-state index contributed by atoms with van der Waals surface area (Å²) < 4.78 is 40.1. The van der Waals surface area contributed by atoms with E-state index in [0.29, 0.717) is 18.0 Å². The maximum atomic E-state index is 13.4. The number of nitriles is 1. The Labute approximate surface area is 222 Å². The van der Waals surface area contributed by atoms with Crippen LogP contribution in [0, 0.1) is 11.3 Å². The van der Waals surface area contributed by atoms with Gasteiger partial charge in [0.15, 0.2) is 0 Å². The molecular formula is C25H26ClF3N6O3. The number of halogens is 4. The van der Waals surface area contributed by atoms with Gasteiger partial charge in [0.25, 0.3) is 0 Å². The lowest BCUT2D eigenvalue weighted by Crippen LogP contribution is -2.51. The van der Waals surface area contributed by atoms with Crippen LogP contribution in [0.25, 0.3) is 0 Å². The third kappa shape index (κ3) is 7.00. The van der Waals surface area contributed by atoms with Crippen LogP contribution in [0.2, 0.25) is 5.02 Å². The van der Waals surface area contributed by atoms with Crippen molar-refractivity contribution in [1.82, 2.24) is 10.2 Å². The highest BCUT2D eigenvalue weighted by molar-refractivity contribution is 6.34. The van der Waals surface area contributed by atoms with Crippen molar-refractivity contribution in [3.63, 3.8) is 0 Å². The lowest BCUT2D eigenvalue weighted by atomic mass is 10.0. The van der Waals surface area contributed by atoms with Gasteiger partial charge in [0, 0.05) is 37.6 Å². The van der Waals surface area contributed by atoms with Crippen LogP contribution in [0.3, 0.4) is 0 Å². The average molecular weight is 551 g/mol. The normalized spacial score (nSPS) is 14.3. The number of benzene rings is 2. The van der Waals surface area contributed by atoms with Gasteiger partial charge in [-0.2, -0.15) is 18.4 Å². The summed E-state index contributed by atoms with van der Waals surface area (Å²) in [6.07, 6.45) is -4.31. The van der Waals surface area contributed by atoms with E-state index in [4.69, 9.17) is 16.9 Å². The van der Waals surface area contributed by atoms with E-state index >= 15 is 0 Å². The SMILES string of the molecule is CC(C)(C=O)N(C(=O)Nc1ccc(C#N)c(C(F)(F)F)c1)c1ccc(NC(=O)CN2CCNCC2)c(Cl)c1. The van der Waals surface area contributed by atoms with Crippen LogP contribution in [-0.4, -0.2) is 61.4 Å². The minimum atomic E-state index is -4.81. The van der Waals surface area contributed by atoms with Gasteiger partial charge in [0.05, 0.1) is 40.0 Å². The number of nitrogens with zero attached hydrogens (tertiary/aromatic N) is 3. The van der Waals surface area contributed by atoms with Crippen molar-refractivity contribution < 1.29 is 27.6 Å².